The maximum atomic E-state index is 5.64. The second kappa shape index (κ2) is 2.38. The van der Waals surface area contributed by atoms with Crippen LogP contribution in [0.2, 0.25) is 0 Å². The van der Waals surface area contributed by atoms with Crippen molar-refractivity contribution in [3.63, 3.8) is 0 Å². The predicted octanol–water partition coefficient (Wildman–Crippen LogP) is 0.431. The molecule has 0 radical (unpaired) electrons. The molecule has 12 heavy (non-hydrogen) atoms. The molecule has 0 amide bonds. The van der Waals surface area contributed by atoms with E-state index < -0.39 is 0 Å². The first kappa shape index (κ1) is 6.93. The van der Waals surface area contributed by atoms with Gasteiger partial charge in [0, 0.05) is 11.6 Å². The molecule has 0 bridgehead atoms. The molecule has 0 spiro atoms. The van der Waals surface area contributed by atoms with Gasteiger partial charge >= 0.3 is 0 Å². The molecule has 0 aliphatic heterocycles. The molecule has 0 atom stereocenters. The standard InChI is InChI=1S/C7H9N5/c8-5-3-11-7-4(1-2-10-7)6(5)12-9/h1-3H,8-9H2,(H2,10,11,12). The van der Waals surface area contributed by atoms with Crippen LogP contribution < -0.4 is 17.0 Å². The van der Waals surface area contributed by atoms with E-state index in [2.05, 4.69) is 15.4 Å². The molecule has 0 aromatic carbocycles. The fraction of sp³-hybridized carbons (Fsp3) is 0. The van der Waals surface area contributed by atoms with Gasteiger partial charge in [-0.3, -0.25) is 5.84 Å². The third kappa shape index (κ3) is 0.802. The number of anilines is 2. The van der Waals surface area contributed by atoms with E-state index in [1.165, 1.54) is 0 Å². The fourth-order valence-corrected chi connectivity index (χ4v) is 1.18. The Bertz CT molecular complexity index is 405. The molecule has 5 nitrogen and oxygen atoms in total. The highest BCUT2D eigenvalue weighted by atomic mass is 15.2. The number of nitrogens with one attached hydrogen (secondary N) is 2. The quantitative estimate of drug-likeness (QED) is 0.362. The first-order valence-corrected chi connectivity index (χ1v) is 3.51. The molecular weight excluding hydrogens is 154 g/mol. The van der Waals surface area contributed by atoms with Gasteiger partial charge in [-0.1, -0.05) is 0 Å². The fourth-order valence-electron chi connectivity index (χ4n) is 1.18. The molecule has 2 heterocycles. The summed E-state index contributed by atoms with van der Waals surface area (Å²) < 4.78 is 0. The Labute approximate surface area is 68.7 Å². The smallest absolute Gasteiger partial charge is 0.139 e. The Kier molecular flexibility index (Phi) is 1.38. The van der Waals surface area contributed by atoms with Crippen LogP contribution in [-0.4, -0.2) is 9.97 Å². The van der Waals surface area contributed by atoms with Crippen LogP contribution >= 0.6 is 0 Å². The minimum atomic E-state index is 0.546. The number of nitrogen functional groups attached to an aromatic ring is 2. The first-order valence-electron chi connectivity index (χ1n) is 3.51. The number of hydrazine groups is 1. The van der Waals surface area contributed by atoms with E-state index >= 15 is 0 Å². The van der Waals surface area contributed by atoms with Crippen molar-refractivity contribution in [2.45, 2.75) is 0 Å². The highest BCUT2D eigenvalue weighted by Gasteiger charge is 2.04. The van der Waals surface area contributed by atoms with Gasteiger partial charge in [-0.25, -0.2) is 4.98 Å². The van der Waals surface area contributed by atoms with Crippen molar-refractivity contribution in [1.29, 1.82) is 0 Å². The minimum absolute atomic E-state index is 0.546. The van der Waals surface area contributed by atoms with Crippen LogP contribution in [0.15, 0.2) is 18.5 Å². The lowest BCUT2D eigenvalue weighted by Crippen LogP contribution is -2.09. The summed E-state index contributed by atoms with van der Waals surface area (Å²) in [5.41, 5.74) is 10.2. The van der Waals surface area contributed by atoms with Gasteiger partial charge in [-0.15, -0.1) is 0 Å². The van der Waals surface area contributed by atoms with E-state index in [-0.39, 0.29) is 0 Å². The molecule has 0 aliphatic rings. The zero-order chi connectivity index (χ0) is 8.55. The third-order valence-electron chi connectivity index (χ3n) is 1.76. The lowest BCUT2D eigenvalue weighted by atomic mass is 10.2. The molecule has 2 rings (SSSR count). The SMILES string of the molecule is NNc1c(N)cnc2[nH]ccc12. The summed E-state index contributed by atoms with van der Waals surface area (Å²) in [6, 6.07) is 1.87. The van der Waals surface area contributed by atoms with Crippen LogP contribution in [0.4, 0.5) is 11.4 Å². The van der Waals surface area contributed by atoms with Crippen molar-refractivity contribution >= 4 is 22.4 Å². The number of pyridine rings is 1. The second-order valence-corrected chi connectivity index (χ2v) is 2.47. The van der Waals surface area contributed by atoms with Gasteiger partial charge in [0.15, 0.2) is 0 Å². The summed E-state index contributed by atoms with van der Waals surface area (Å²) in [7, 11) is 0. The monoisotopic (exact) mass is 163 g/mol. The predicted molar refractivity (Wildman–Crippen MR) is 48.3 cm³/mol. The molecule has 62 valence electrons. The van der Waals surface area contributed by atoms with Crippen molar-refractivity contribution in [3.05, 3.63) is 18.5 Å². The summed E-state index contributed by atoms with van der Waals surface area (Å²) in [4.78, 5) is 7.03. The number of hydrogen-bond acceptors (Lipinski definition) is 4. The largest absolute Gasteiger partial charge is 0.396 e. The van der Waals surface area contributed by atoms with E-state index in [1.54, 1.807) is 12.4 Å². The first-order chi connectivity index (χ1) is 5.83. The molecule has 6 N–H and O–H groups in total. The topological polar surface area (TPSA) is 92.8 Å². The van der Waals surface area contributed by atoms with E-state index in [4.69, 9.17) is 11.6 Å². The zero-order valence-electron chi connectivity index (χ0n) is 6.33. The number of fused-ring (bicyclic) bond motifs is 1. The summed E-state index contributed by atoms with van der Waals surface area (Å²) in [6.07, 6.45) is 3.35. The number of H-pyrrole nitrogens is 1. The van der Waals surface area contributed by atoms with Crippen LogP contribution in [0.25, 0.3) is 11.0 Å². The van der Waals surface area contributed by atoms with Crippen LogP contribution in [0, 0.1) is 0 Å². The zero-order valence-corrected chi connectivity index (χ0v) is 6.33. The maximum Gasteiger partial charge on any atom is 0.139 e. The van der Waals surface area contributed by atoms with Crippen molar-refractivity contribution < 1.29 is 0 Å². The van der Waals surface area contributed by atoms with E-state index in [9.17, 15) is 0 Å². The molecule has 2 aromatic heterocycles. The molecule has 2 aromatic rings. The highest BCUT2D eigenvalue weighted by molar-refractivity contribution is 5.95. The lowest BCUT2D eigenvalue weighted by Gasteiger charge is -2.04. The Hall–Kier alpha value is -1.75. The Balaban J connectivity index is 2.83. The van der Waals surface area contributed by atoms with Crippen molar-refractivity contribution in [1.82, 2.24) is 9.97 Å². The van der Waals surface area contributed by atoms with Crippen LogP contribution in [0.1, 0.15) is 0 Å². The highest BCUT2D eigenvalue weighted by Crippen LogP contribution is 2.25. The molecule has 0 unspecified atom stereocenters. The number of rotatable bonds is 1. The van der Waals surface area contributed by atoms with Gasteiger partial charge in [0.05, 0.1) is 17.6 Å². The Morgan fingerprint density at radius 3 is 3.08 bits per heavy atom. The molecule has 0 fully saturated rings. The van der Waals surface area contributed by atoms with Gasteiger partial charge < -0.3 is 16.1 Å². The lowest BCUT2D eigenvalue weighted by molar-refractivity contribution is 1.30. The molecule has 0 saturated carbocycles. The Morgan fingerprint density at radius 1 is 1.50 bits per heavy atom. The summed E-state index contributed by atoms with van der Waals surface area (Å²) in [5, 5.41) is 0.900. The number of nitrogens with two attached hydrogens (primary N) is 2. The number of aromatic amines is 1. The van der Waals surface area contributed by atoms with Gasteiger partial charge in [-0.2, -0.15) is 0 Å². The van der Waals surface area contributed by atoms with Gasteiger partial charge in [0.2, 0.25) is 0 Å². The summed E-state index contributed by atoms with van der Waals surface area (Å²) in [5.74, 6) is 5.30. The van der Waals surface area contributed by atoms with Crippen molar-refractivity contribution in [2.75, 3.05) is 11.2 Å². The van der Waals surface area contributed by atoms with Crippen molar-refractivity contribution in [2.24, 2.45) is 5.84 Å². The molecule has 5 heteroatoms. The normalized spacial score (nSPS) is 10.4. The van der Waals surface area contributed by atoms with Crippen LogP contribution in [0.5, 0.6) is 0 Å². The maximum absolute atomic E-state index is 5.64. The van der Waals surface area contributed by atoms with Gasteiger partial charge in [0.1, 0.15) is 5.65 Å². The average molecular weight is 163 g/mol. The van der Waals surface area contributed by atoms with Crippen molar-refractivity contribution in [3.8, 4) is 0 Å². The summed E-state index contributed by atoms with van der Waals surface area (Å²) in [6.45, 7) is 0. The van der Waals surface area contributed by atoms with Gasteiger partial charge in [-0.05, 0) is 6.07 Å². The average Bonchev–Trinajstić information content (AvgIpc) is 2.52. The second-order valence-electron chi connectivity index (χ2n) is 2.47. The van der Waals surface area contributed by atoms with E-state index in [1.807, 2.05) is 6.07 Å². The third-order valence-corrected chi connectivity index (χ3v) is 1.76. The van der Waals surface area contributed by atoms with E-state index in [0.29, 0.717) is 11.4 Å². The minimum Gasteiger partial charge on any atom is -0.396 e. The Morgan fingerprint density at radius 2 is 2.33 bits per heavy atom. The van der Waals surface area contributed by atoms with Gasteiger partial charge in [0.25, 0.3) is 0 Å². The molecular formula is C7H9N5. The number of hydrogen-bond donors (Lipinski definition) is 4. The number of aromatic nitrogens is 2. The van der Waals surface area contributed by atoms with Crippen LogP contribution in [0.3, 0.4) is 0 Å². The number of nitrogens with zero attached hydrogens (tertiary/aromatic N) is 1. The molecule has 0 saturated heterocycles. The molecule has 0 aliphatic carbocycles. The van der Waals surface area contributed by atoms with E-state index in [0.717, 1.165) is 11.0 Å². The van der Waals surface area contributed by atoms with Crippen LogP contribution in [-0.2, 0) is 0 Å². The summed E-state index contributed by atoms with van der Waals surface area (Å²) >= 11 is 0.